The van der Waals surface area contributed by atoms with Crippen molar-refractivity contribution in [2.75, 3.05) is 13.2 Å². The summed E-state index contributed by atoms with van der Waals surface area (Å²) in [5.74, 6) is 0.139. The smallest absolute Gasteiger partial charge is 0.343 e. The van der Waals surface area contributed by atoms with E-state index in [-0.39, 0.29) is 17.3 Å². The van der Waals surface area contributed by atoms with Crippen molar-refractivity contribution in [3.8, 4) is 28.7 Å². The summed E-state index contributed by atoms with van der Waals surface area (Å²) in [6.07, 6.45) is 1.17. The molecule has 0 saturated carbocycles. The summed E-state index contributed by atoms with van der Waals surface area (Å²) in [4.78, 5) is 50.1. The van der Waals surface area contributed by atoms with Gasteiger partial charge in [0.25, 0.3) is 0 Å². The molecule has 0 aromatic heterocycles. The number of benzene rings is 6. The number of hydrogen-bond acceptors (Lipinski definition) is 9. The Bertz CT molecular complexity index is 2370. The molecule has 1 spiro atoms. The molecule has 9 nitrogen and oxygen atoms in total. The minimum Gasteiger partial charge on any atom is -0.493 e. The molecule has 9 heteroatoms. The van der Waals surface area contributed by atoms with Crippen LogP contribution in [0.4, 0.5) is 0 Å². The van der Waals surface area contributed by atoms with Crippen LogP contribution >= 0.6 is 0 Å². The van der Waals surface area contributed by atoms with Gasteiger partial charge in [-0.2, -0.15) is 0 Å². The number of hydrogen-bond donors (Lipinski definition) is 0. The summed E-state index contributed by atoms with van der Waals surface area (Å²) in [5, 5.41) is 0. The first-order chi connectivity index (χ1) is 27.2. The number of fused-ring (bicyclic) bond motifs is 4. The summed E-state index contributed by atoms with van der Waals surface area (Å²) in [6, 6.07) is 42.3. The van der Waals surface area contributed by atoms with Crippen molar-refractivity contribution in [1.82, 2.24) is 0 Å². The molecular formula is C47H38O9. The average molecular weight is 747 g/mol. The molecule has 0 bridgehead atoms. The van der Waals surface area contributed by atoms with Crippen molar-refractivity contribution >= 4 is 23.7 Å². The average Bonchev–Trinajstić information content (AvgIpc) is 3.23. The molecule has 0 radical (unpaired) electrons. The fourth-order valence-corrected chi connectivity index (χ4v) is 6.81. The minimum absolute atomic E-state index is 0.0487. The number of ether oxygens (including phenoxy) is 5. The Morgan fingerprint density at radius 1 is 0.482 bits per heavy atom. The summed E-state index contributed by atoms with van der Waals surface area (Å²) >= 11 is 0. The standard InChI is InChI=1S/C39H30O8.C8H8O/c1-25-21-32-29(22-31(25)45-36(40)26-11-5-2-6-12-26)39(17-19-43-32)18-20-44-33-24-35(47-38(42)28-15-9-4-10-16-28)34(23-30(33)39)46-37(41)27-13-7-3-8-14-27;1-7(9)8-5-3-2-4-6-8/h2-16,21-24H,17-20H2,1H3;2-6H,1H3. The van der Waals surface area contributed by atoms with Gasteiger partial charge in [0.15, 0.2) is 17.3 Å². The van der Waals surface area contributed by atoms with Crippen molar-refractivity contribution < 1.29 is 42.9 Å². The van der Waals surface area contributed by atoms with Crippen LogP contribution in [-0.4, -0.2) is 36.9 Å². The van der Waals surface area contributed by atoms with Gasteiger partial charge in [0, 0.05) is 28.2 Å². The maximum Gasteiger partial charge on any atom is 0.343 e. The molecule has 2 aliphatic heterocycles. The zero-order valence-corrected chi connectivity index (χ0v) is 30.9. The first-order valence-corrected chi connectivity index (χ1v) is 18.2. The Balaban J connectivity index is 0.000000471. The number of carbonyl (C=O) groups is 4. The summed E-state index contributed by atoms with van der Waals surface area (Å²) in [6.45, 7) is 4.23. The molecular weight excluding hydrogens is 709 g/mol. The van der Waals surface area contributed by atoms with Crippen LogP contribution in [0.3, 0.4) is 0 Å². The van der Waals surface area contributed by atoms with Crippen LogP contribution in [0, 0.1) is 6.92 Å². The Hall–Kier alpha value is -7.00. The molecule has 0 amide bonds. The Morgan fingerprint density at radius 3 is 1.25 bits per heavy atom. The van der Waals surface area contributed by atoms with Crippen molar-refractivity contribution in [2.45, 2.75) is 32.1 Å². The third-order valence-corrected chi connectivity index (χ3v) is 9.74. The second-order valence-corrected chi connectivity index (χ2v) is 13.4. The quantitative estimate of drug-likeness (QED) is 0.0896. The van der Waals surface area contributed by atoms with E-state index in [9.17, 15) is 19.2 Å². The largest absolute Gasteiger partial charge is 0.493 e. The predicted octanol–water partition coefficient (Wildman–Crippen LogP) is 9.39. The first-order valence-electron chi connectivity index (χ1n) is 18.2. The number of rotatable bonds is 7. The Kier molecular flexibility index (Phi) is 11.0. The maximum absolute atomic E-state index is 13.3. The van der Waals surface area contributed by atoms with Gasteiger partial charge in [-0.1, -0.05) is 84.9 Å². The van der Waals surface area contributed by atoms with E-state index < -0.39 is 23.3 Å². The molecule has 1 unspecified atom stereocenters. The number of Topliss-reactive ketones (excluding diaryl/α,β-unsaturated/α-hetero) is 1. The highest BCUT2D eigenvalue weighted by Gasteiger charge is 2.45. The van der Waals surface area contributed by atoms with Crippen molar-refractivity contribution in [3.05, 3.63) is 185 Å². The van der Waals surface area contributed by atoms with E-state index in [4.69, 9.17) is 23.7 Å². The molecule has 1 atom stereocenters. The minimum atomic E-state index is -0.640. The summed E-state index contributed by atoms with van der Waals surface area (Å²) < 4.78 is 29.9. The molecule has 0 aliphatic carbocycles. The topological polar surface area (TPSA) is 114 Å². The lowest BCUT2D eigenvalue weighted by Gasteiger charge is -2.43. The van der Waals surface area contributed by atoms with E-state index in [1.165, 1.54) is 0 Å². The molecule has 0 N–H and O–H groups in total. The van der Waals surface area contributed by atoms with Gasteiger partial charge in [-0.05, 0) is 86.8 Å². The lowest BCUT2D eigenvalue weighted by atomic mass is 9.67. The maximum atomic E-state index is 13.3. The molecule has 2 heterocycles. The van der Waals surface area contributed by atoms with Crippen LogP contribution in [0.25, 0.3) is 0 Å². The van der Waals surface area contributed by atoms with Crippen molar-refractivity contribution in [3.63, 3.8) is 0 Å². The van der Waals surface area contributed by atoms with E-state index in [1.54, 1.807) is 104 Å². The number of esters is 3. The highest BCUT2D eigenvalue weighted by Crippen LogP contribution is 2.54. The fourth-order valence-electron chi connectivity index (χ4n) is 6.81. The van der Waals surface area contributed by atoms with Gasteiger partial charge in [0.1, 0.15) is 17.2 Å². The zero-order valence-electron chi connectivity index (χ0n) is 30.9. The fraction of sp³-hybridized carbons (Fsp3) is 0.149. The van der Waals surface area contributed by atoms with Crippen LogP contribution in [0.2, 0.25) is 0 Å². The van der Waals surface area contributed by atoms with E-state index in [1.807, 2.05) is 55.5 Å². The van der Waals surface area contributed by atoms with E-state index >= 15 is 0 Å². The molecule has 0 fully saturated rings. The van der Waals surface area contributed by atoms with Crippen LogP contribution in [0.15, 0.2) is 146 Å². The van der Waals surface area contributed by atoms with Gasteiger partial charge in [0.2, 0.25) is 0 Å². The molecule has 0 saturated heterocycles. The molecule has 6 aromatic rings. The molecule has 56 heavy (non-hydrogen) atoms. The number of carbonyl (C=O) groups excluding carboxylic acids is 4. The number of aryl methyl sites for hydroxylation is 1. The molecule has 2 aliphatic rings. The number of ketones is 1. The van der Waals surface area contributed by atoms with Gasteiger partial charge >= 0.3 is 17.9 Å². The van der Waals surface area contributed by atoms with Gasteiger partial charge in [-0.25, -0.2) is 14.4 Å². The van der Waals surface area contributed by atoms with Gasteiger partial charge in [0.05, 0.1) is 29.9 Å². The van der Waals surface area contributed by atoms with Crippen LogP contribution in [0.1, 0.15) is 77.9 Å². The van der Waals surface area contributed by atoms with Crippen molar-refractivity contribution in [2.24, 2.45) is 0 Å². The van der Waals surface area contributed by atoms with Crippen molar-refractivity contribution in [1.29, 1.82) is 0 Å². The van der Waals surface area contributed by atoms with Gasteiger partial charge in [-0.15, -0.1) is 0 Å². The molecule has 280 valence electrons. The highest BCUT2D eigenvalue weighted by molar-refractivity contribution is 5.94. The third kappa shape index (κ3) is 8.07. The second kappa shape index (κ2) is 16.6. The Labute approximate surface area is 324 Å². The van der Waals surface area contributed by atoms with Gasteiger partial charge < -0.3 is 23.7 Å². The van der Waals surface area contributed by atoms with E-state index in [2.05, 4.69) is 0 Å². The zero-order chi connectivity index (χ0) is 39.1. The lowest BCUT2D eigenvalue weighted by Crippen LogP contribution is -2.39. The predicted molar refractivity (Wildman–Crippen MR) is 209 cm³/mol. The first kappa shape index (κ1) is 37.3. The van der Waals surface area contributed by atoms with Crippen LogP contribution in [0.5, 0.6) is 28.7 Å². The normalized spacial score (nSPS) is 15.0. The van der Waals surface area contributed by atoms with Crippen LogP contribution in [-0.2, 0) is 5.41 Å². The molecule has 8 rings (SSSR count). The summed E-state index contributed by atoms with van der Waals surface area (Å²) in [5.41, 5.74) is 3.57. The van der Waals surface area contributed by atoms with E-state index in [0.29, 0.717) is 60.0 Å². The monoisotopic (exact) mass is 746 g/mol. The van der Waals surface area contributed by atoms with Gasteiger partial charge in [-0.3, -0.25) is 4.79 Å². The third-order valence-electron chi connectivity index (χ3n) is 9.74. The SMILES string of the molecule is CC(=O)c1ccccc1.Cc1cc2c(cc1OC(=O)c1ccccc1)C1(CCO2)CCOc2cc(OC(=O)c3ccccc3)c(OC(=O)c3ccccc3)cc21. The van der Waals surface area contributed by atoms with E-state index in [0.717, 1.165) is 22.3 Å². The highest BCUT2D eigenvalue weighted by atomic mass is 16.6. The second-order valence-electron chi connectivity index (χ2n) is 13.4. The molecule has 6 aromatic carbocycles. The summed E-state index contributed by atoms with van der Waals surface area (Å²) in [7, 11) is 0. The van der Waals surface area contributed by atoms with Crippen LogP contribution < -0.4 is 23.7 Å². The Morgan fingerprint density at radius 2 is 0.839 bits per heavy atom. The lowest BCUT2D eigenvalue weighted by molar-refractivity contribution is 0.0680.